The van der Waals surface area contributed by atoms with Gasteiger partial charge in [-0.2, -0.15) is 0 Å². The van der Waals surface area contributed by atoms with Crippen molar-refractivity contribution >= 4 is 34.1 Å². The number of piperazine rings is 1. The summed E-state index contributed by atoms with van der Waals surface area (Å²) >= 11 is 6.17. The minimum absolute atomic E-state index is 0.166. The summed E-state index contributed by atoms with van der Waals surface area (Å²) in [4.78, 5) is 18.9. The summed E-state index contributed by atoms with van der Waals surface area (Å²) < 4.78 is 2.46. The zero-order valence-electron chi connectivity index (χ0n) is 18.1. The molecule has 1 aromatic heterocycles. The van der Waals surface area contributed by atoms with Crippen LogP contribution in [0.25, 0.3) is 10.9 Å². The summed E-state index contributed by atoms with van der Waals surface area (Å²) in [5.74, 6) is 0.166. The molecule has 2 aromatic carbocycles. The van der Waals surface area contributed by atoms with E-state index >= 15 is 0 Å². The van der Waals surface area contributed by atoms with Gasteiger partial charge in [0.2, 0.25) is 5.91 Å². The van der Waals surface area contributed by atoms with E-state index in [1.54, 1.807) is 6.92 Å². The van der Waals surface area contributed by atoms with Crippen molar-refractivity contribution in [3.8, 4) is 0 Å². The van der Waals surface area contributed by atoms with E-state index in [9.17, 15) is 4.79 Å². The molecule has 0 aliphatic carbocycles. The summed E-state index contributed by atoms with van der Waals surface area (Å²) in [6, 6.07) is 16.8. The predicted molar refractivity (Wildman–Crippen MR) is 127 cm³/mol. The normalized spacial score (nSPS) is 17.2. The number of anilines is 1. The van der Waals surface area contributed by atoms with Crippen LogP contribution >= 0.6 is 11.6 Å². The van der Waals surface area contributed by atoms with Crippen molar-refractivity contribution in [1.82, 2.24) is 14.4 Å². The van der Waals surface area contributed by atoms with E-state index in [2.05, 4.69) is 50.8 Å². The first kappa shape index (κ1) is 20.4. The van der Waals surface area contributed by atoms with Crippen LogP contribution < -0.4 is 4.90 Å². The van der Waals surface area contributed by atoms with Crippen molar-refractivity contribution < 1.29 is 4.79 Å². The van der Waals surface area contributed by atoms with Crippen molar-refractivity contribution in [3.63, 3.8) is 0 Å². The molecule has 0 atom stereocenters. The van der Waals surface area contributed by atoms with Crippen molar-refractivity contribution in [2.24, 2.45) is 0 Å². The standard InChI is InChI=1S/C25H29ClN4O/c1-19(31)29-10-9-23-22-7-2-3-8-24(22)30(25(23)18-29)16-13-27-11-14-28(15-12-27)21-6-4-5-20(26)17-21/h2-8,17H,9-16,18H2,1H3. The molecule has 2 aliphatic rings. The maximum Gasteiger partial charge on any atom is 0.219 e. The van der Waals surface area contributed by atoms with Crippen LogP contribution in [-0.2, 0) is 24.3 Å². The van der Waals surface area contributed by atoms with Gasteiger partial charge in [0.15, 0.2) is 0 Å². The zero-order valence-corrected chi connectivity index (χ0v) is 18.8. The molecule has 1 amide bonds. The Morgan fingerprint density at radius 3 is 2.55 bits per heavy atom. The number of nitrogens with zero attached hydrogens (tertiary/aromatic N) is 4. The molecule has 1 fully saturated rings. The van der Waals surface area contributed by atoms with Crippen LogP contribution in [0.2, 0.25) is 5.02 Å². The fraction of sp³-hybridized carbons (Fsp3) is 0.400. The van der Waals surface area contributed by atoms with Gasteiger partial charge in [-0.15, -0.1) is 0 Å². The Kier molecular flexibility index (Phi) is 5.63. The van der Waals surface area contributed by atoms with Crippen LogP contribution in [0.1, 0.15) is 18.2 Å². The second kappa shape index (κ2) is 8.56. The molecule has 0 radical (unpaired) electrons. The average molecular weight is 437 g/mol. The van der Waals surface area contributed by atoms with Gasteiger partial charge < -0.3 is 14.4 Å². The minimum atomic E-state index is 0.166. The first-order chi connectivity index (χ1) is 15.1. The SMILES string of the molecule is CC(=O)N1CCc2c(n(CCN3CCN(c4cccc(Cl)c4)CC3)c3ccccc23)C1. The van der Waals surface area contributed by atoms with Gasteiger partial charge in [0.25, 0.3) is 0 Å². The van der Waals surface area contributed by atoms with E-state index in [1.807, 2.05) is 17.0 Å². The molecule has 0 spiro atoms. The van der Waals surface area contributed by atoms with Gasteiger partial charge in [0.05, 0.1) is 6.54 Å². The molecule has 5 nitrogen and oxygen atoms in total. The smallest absolute Gasteiger partial charge is 0.219 e. The van der Waals surface area contributed by atoms with Crippen molar-refractivity contribution in [1.29, 1.82) is 0 Å². The van der Waals surface area contributed by atoms with Gasteiger partial charge in [-0.1, -0.05) is 35.9 Å². The Labute approximate surface area is 188 Å². The van der Waals surface area contributed by atoms with Crippen molar-refractivity contribution in [3.05, 3.63) is 64.8 Å². The fourth-order valence-corrected chi connectivity index (χ4v) is 5.25. The zero-order chi connectivity index (χ0) is 21.4. The number of amides is 1. The number of hydrogen-bond donors (Lipinski definition) is 0. The number of aromatic nitrogens is 1. The number of rotatable bonds is 4. The highest BCUT2D eigenvalue weighted by Gasteiger charge is 2.25. The van der Waals surface area contributed by atoms with E-state index < -0.39 is 0 Å². The molecule has 6 heteroatoms. The van der Waals surface area contributed by atoms with Gasteiger partial charge in [0, 0.05) is 80.0 Å². The third-order valence-corrected chi connectivity index (χ3v) is 7.03. The monoisotopic (exact) mass is 436 g/mol. The highest BCUT2D eigenvalue weighted by atomic mass is 35.5. The Balaban J connectivity index is 1.29. The van der Waals surface area contributed by atoms with Gasteiger partial charge in [-0.05, 0) is 36.2 Å². The summed E-state index contributed by atoms with van der Waals surface area (Å²) in [6.07, 6.45) is 0.945. The Morgan fingerprint density at radius 1 is 0.968 bits per heavy atom. The minimum Gasteiger partial charge on any atom is -0.369 e. The number of carbonyl (C=O) groups is 1. The quantitative estimate of drug-likeness (QED) is 0.619. The summed E-state index contributed by atoms with van der Waals surface area (Å²) in [5.41, 5.74) is 5.26. The predicted octanol–water partition coefficient (Wildman–Crippen LogP) is 4.02. The number of halogens is 1. The number of para-hydroxylation sites is 1. The van der Waals surface area contributed by atoms with E-state index in [0.29, 0.717) is 0 Å². The second-order valence-electron chi connectivity index (χ2n) is 8.59. The lowest BCUT2D eigenvalue weighted by molar-refractivity contribution is -0.129. The average Bonchev–Trinajstić information content (AvgIpc) is 3.11. The Morgan fingerprint density at radius 2 is 1.77 bits per heavy atom. The first-order valence-electron chi connectivity index (χ1n) is 11.2. The topological polar surface area (TPSA) is 31.7 Å². The lowest BCUT2D eigenvalue weighted by atomic mass is 10.0. The van der Waals surface area contributed by atoms with E-state index in [0.717, 1.165) is 63.8 Å². The van der Waals surface area contributed by atoms with Crippen molar-refractivity contribution in [2.75, 3.05) is 44.2 Å². The van der Waals surface area contributed by atoms with Gasteiger partial charge in [-0.25, -0.2) is 0 Å². The molecular weight excluding hydrogens is 408 g/mol. The summed E-state index contributed by atoms with van der Waals surface area (Å²) in [7, 11) is 0. The molecule has 0 saturated carbocycles. The van der Waals surface area contributed by atoms with Crippen molar-refractivity contribution in [2.45, 2.75) is 26.4 Å². The molecule has 2 aliphatic heterocycles. The molecule has 162 valence electrons. The number of benzene rings is 2. The molecular formula is C25H29ClN4O. The summed E-state index contributed by atoms with van der Waals surface area (Å²) in [5, 5.41) is 2.15. The van der Waals surface area contributed by atoms with Crippen LogP contribution in [0.3, 0.4) is 0 Å². The maximum absolute atomic E-state index is 12.0. The maximum atomic E-state index is 12.0. The molecule has 1 saturated heterocycles. The molecule has 3 heterocycles. The fourth-order valence-electron chi connectivity index (χ4n) is 5.06. The molecule has 0 unspecified atom stereocenters. The lowest BCUT2D eigenvalue weighted by Crippen LogP contribution is -2.47. The third-order valence-electron chi connectivity index (χ3n) is 6.80. The van der Waals surface area contributed by atoms with E-state index in [4.69, 9.17) is 11.6 Å². The molecule has 0 bridgehead atoms. The van der Waals surface area contributed by atoms with Crippen LogP contribution in [0.4, 0.5) is 5.69 Å². The number of fused-ring (bicyclic) bond motifs is 3. The van der Waals surface area contributed by atoms with Gasteiger partial charge in [-0.3, -0.25) is 9.69 Å². The highest BCUT2D eigenvalue weighted by Crippen LogP contribution is 2.31. The third kappa shape index (κ3) is 4.04. The molecule has 0 N–H and O–H groups in total. The molecule has 3 aromatic rings. The number of hydrogen-bond acceptors (Lipinski definition) is 3. The summed E-state index contributed by atoms with van der Waals surface area (Å²) in [6.45, 7) is 9.33. The Bertz CT molecular complexity index is 1100. The van der Waals surface area contributed by atoms with Crippen LogP contribution in [0.5, 0.6) is 0 Å². The lowest BCUT2D eigenvalue weighted by Gasteiger charge is -2.36. The number of carbonyl (C=O) groups excluding carboxylic acids is 1. The largest absolute Gasteiger partial charge is 0.369 e. The molecule has 31 heavy (non-hydrogen) atoms. The van der Waals surface area contributed by atoms with Crippen LogP contribution in [0.15, 0.2) is 48.5 Å². The molecule has 5 rings (SSSR count). The van der Waals surface area contributed by atoms with Gasteiger partial charge in [0.1, 0.15) is 0 Å². The second-order valence-corrected chi connectivity index (χ2v) is 9.03. The van der Waals surface area contributed by atoms with Crippen LogP contribution in [0, 0.1) is 0 Å². The van der Waals surface area contributed by atoms with Gasteiger partial charge >= 0.3 is 0 Å². The first-order valence-corrected chi connectivity index (χ1v) is 11.6. The van der Waals surface area contributed by atoms with E-state index in [-0.39, 0.29) is 5.91 Å². The van der Waals surface area contributed by atoms with E-state index in [1.165, 1.54) is 27.8 Å². The Hall–Kier alpha value is -2.50. The highest BCUT2D eigenvalue weighted by molar-refractivity contribution is 6.30. The van der Waals surface area contributed by atoms with Crippen LogP contribution in [-0.4, -0.2) is 59.5 Å².